The van der Waals surface area contributed by atoms with E-state index in [9.17, 15) is 9.59 Å². The quantitative estimate of drug-likeness (QED) is 0.671. The predicted molar refractivity (Wildman–Crippen MR) is 96.1 cm³/mol. The van der Waals surface area contributed by atoms with Crippen molar-refractivity contribution in [3.05, 3.63) is 24.3 Å². The highest BCUT2D eigenvalue weighted by atomic mass is 32.1. The van der Waals surface area contributed by atoms with Crippen LogP contribution in [-0.4, -0.2) is 35.9 Å². The van der Waals surface area contributed by atoms with Gasteiger partial charge >= 0.3 is 0 Å². The van der Waals surface area contributed by atoms with Crippen molar-refractivity contribution in [2.45, 2.75) is 32.2 Å². The molecule has 1 aliphatic carbocycles. The van der Waals surface area contributed by atoms with Gasteiger partial charge in [0.1, 0.15) is 6.04 Å². The largest absolute Gasteiger partial charge is 0.360 e. The molecule has 1 atom stereocenters. The average Bonchev–Trinajstić information content (AvgIpc) is 2.92. The highest BCUT2D eigenvalue weighted by molar-refractivity contribution is 7.22. The Balaban J connectivity index is 1.37. The van der Waals surface area contributed by atoms with Gasteiger partial charge in [0.2, 0.25) is 11.8 Å². The second-order valence-electron chi connectivity index (χ2n) is 6.06. The molecule has 0 saturated heterocycles. The zero-order chi connectivity index (χ0) is 16.9. The second-order valence-corrected chi connectivity index (χ2v) is 7.09. The molecule has 1 aliphatic rings. The minimum atomic E-state index is -0.499. The van der Waals surface area contributed by atoms with Gasteiger partial charge in [-0.25, -0.2) is 4.98 Å². The number of nitrogens with one attached hydrogen (secondary N) is 3. The molecule has 2 amide bonds. The summed E-state index contributed by atoms with van der Waals surface area (Å²) in [6.07, 6.45) is 2.98. The molecule has 1 aromatic heterocycles. The van der Waals surface area contributed by atoms with Crippen LogP contribution in [0, 0.1) is 5.92 Å². The zero-order valence-corrected chi connectivity index (χ0v) is 14.5. The van der Waals surface area contributed by atoms with Gasteiger partial charge in [-0.1, -0.05) is 29.9 Å². The first-order valence-electron chi connectivity index (χ1n) is 8.31. The van der Waals surface area contributed by atoms with Gasteiger partial charge < -0.3 is 16.0 Å². The van der Waals surface area contributed by atoms with Crippen molar-refractivity contribution in [3.63, 3.8) is 0 Å². The van der Waals surface area contributed by atoms with Crippen LogP contribution in [0.15, 0.2) is 24.3 Å². The average molecular weight is 346 g/mol. The van der Waals surface area contributed by atoms with E-state index in [1.54, 1.807) is 18.3 Å². The van der Waals surface area contributed by atoms with E-state index in [2.05, 4.69) is 20.9 Å². The summed E-state index contributed by atoms with van der Waals surface area (Å²) in [5, 5.41) is 9.66. The molecular formula is C17H22N4O2S. The van der Waals surface area contributed by atoms with Crippen LogP contribution < -0.4 is 16.0 Å². The van der Waals surface area contributed by atoms with Crippen LogP contribution in [0.25, 0.3) is 10.2 Å². The third-order valence-corrected chi connectivity index (χ3v) is 5.22. The van der Waals surface area contributed by atoms with Crippen LogP contribution in [-0.2, 0) is 9.59 Å². The van der Waals surface area contributed by atoms with Crippen LogP contribution in [0.5, 0.6) is 0 Å². The number of carbonyl (C=O) groups excluding carboxylic acids is 2. The Morgan fingerprint density at radius 2 is 2.08 bits per heavy atom. The molecule has 3 N–H and O–H groups in total. The summed E-state index contributed by atoms with van der Waals surface area (Å²) in [5.41, 5.74) is 0.973. The van der Waals surface area contributed by atoms with E-state index in [1.807, 2.05) is 24.3 Å². The molecule has 2 aromatic rings. The summed E-state index contributed by atoms with van der Waals surface area (Å²) < 4.78 is 1.14. The minimum Gasteiger partial charge on any atom is -0.360 e. The van der Waals surface area contributed by atoms with Crippen molar-refractivity contribution in [2.24, 2.45) is 5.92 Å². The van der Waals surface area contributed by atoms with E-state index in [-0.39, 0.29) is 17.7 Å². The molecule has 0 aliphatic heterocycles. The van der Waals surface area contributed by atoms with Gasteiger partial charge in [-0.3, -0.25) is 9.59 Å². The van der Waals surface area contributed by atoms with Crippen molar-refractivity contribution >= 4 is 38.5 Å². The molecule has 24 heavy (non-hydrogen) atoms. The standard InChI is InChI=1S/C17H22N4O2S/c1-11(20-16(23)12-5-4-6-12)15(22)18-9-10-19-17-21-13-7-2-3-8-14(13)24-17/h2-3,7-8,11-12H,4-6,9-10H2,1H3,(H,18,22)(H,19,21)(H,20,23)/t11-/m0/s1. The van der Waals surface area contributed by atoms with E-state index >= 15 is 0 Å². The predicted octanol–water partition coefficient (Wildman–Crippen LogP) is 2.13. The number of fused-ring (bicyclic) bond motifs is 1. The highest BCUT2D eigenvalue weighted by Gasteiger charge is 2.27. The molecule has 3 rings (SSSR count). The lowest BCUT2D eigenvalue weighted by molar-refractivity contribution is -0.132. The van der Waals surface area contributed by atoms with Crippen molar-refractivity contribution in [3.8, 4) is 0 Å². The molecule has 1 fully saturated rings. The summed E-state index contributed by atoms with van der Waals surface area (Å²) in [6, 6.07) is 7.47. The number of hydrogen-bond donors (Lipinski definition) is 3. The molecule has 1 heterocycles. The van der Waals surface area contributed by atoms with E-state index < -0.39 is 6.04 Å². The number of para-hydroxylation sites is 1. The first-order valence-corrected chi connectivity index (χ1v) is 9.12. The molecule has 6 nitrogen and oxygen atoms in total. The number of amides is 2. The van der Waals surface area contributed by atoms with Crippen LogP contribution >= 0.6 is 11.3 Å². The number of nitrogens with zero attached hydrogens (tertiary/aromatic N) is 1. The summed E-state index contributed by atoms with van der Waals surface area (Å²) in [4.78, 5) is 28.3. The fourth-order valence-corrected chi connectivity index (χ4v) is 3.41. The number of thiazole rings is 1. The first-order chi connectivity index (χ1) is 11.6. The normalized spacial score (nSPS) is 15.5. The molecule has 0 unspecified atom stereocenters. The van der Waals surface area contributed by atoms with Crippen molar-refractivity contribution in [1.29, 1.82) is 0 Å². The van der Waals surface area contributed by atoms with Crippen molar-refractivity contribution in [1.82, 2.24) is 15.6 Å². The van der Waals surface area contributed by atoms with Gasteiger partial charge in [-0.2, -0.15) is 0 Å². The Bertz CT molecular complexity index is 693. The smallest absolute Gasteiger partial charge is 0.242 e. The molecule has 0 spiro atoms. The number of benzene rings is 1. The summed E-state index contributed by atoms with van der Waals surface area (Å²) >= 11 is 1.59. The summed E-state index contributed by atoms with van der Waals surface area (Å²) in [5.74, 6) is -0.0637. The number of hydrogen-bond acceptors (Lipinski definition) is 5. The number of rotatable bonds is 7. The van der Waals surface area contributed by atoms with Crippen LogP contribution in [0.1, 0.15) is 26.2 Å². The molecule has 1 saturated carbocycles. The maximum atomic E-state index is 12.0. The molecular weight excluding hydrogens is 324 g/mol. The molecule has 128 valence electrons. The van der Waals surface area contributed by atoms with Gasteiger partial charge in [0.15, 0.2) is 5.13 Å². The number of anilines is 1. The van der Waals surface area contributed by atoms with Crippen LogP contribution in [0.2, 0.25) is 0 Å². The van der Waals surface area contributed by atoms with E-state index in [4.69, 9.17) is 0 Å². The monoisotopic (exact) mass is 346 g/mol. The van der Waals surface area contributed by atoms with E-state index in [1.165, 1.54) is 0 Å². The third-order valence-electron chi connectivity index (χ3n) is 4.22. The SMILES string of the molecule is C[C@H](NC(=O)C1CCC1)C(=O)NCCNc1nc2ccccc2s1. The maximum Gasteiger partial charge on any atom is 0.242 e. The Morgan fingerprint density at radius 3 is 2.79 bits per heavy atom. The number of carbonyl (C=O) groups is 2. The van der Waals surface area contributed by atoms with Crippen molar-refractivity contribution < 1.29 is 9.59 Å². The molecule has 1 aromatic carbocycles. The lowest BCUT2D eigenvalue weighted by atomic mass is 9.84. The van der Waals surface area contributed by atoms with Gasteiger partial charge in [-0.15, -0.1) is 0 Å². The molecule has 0 radical (unpaired) electrons. The zero-order valence-electron chi connectivity index (χ0n) is 13.7. The van der Waals surface area contributed by atoms with E-state index in [0.717, 1.165) is 34.6 Å². The van der Waals surface area contributed by atoms with Crippen molar-refractivity contribution in [2.75, 3.05) is 18.4 Å². The van der Waals surface area contributed by atoms with Crippen LogP contribution in [0.4, 0.5) is 5.13 Å². The topological polar surface area (TPSA) is 83.1 Å². The van der Waals surface area contributed by atoms with Crippen LogP contribution in [0.3, 0.4) is 0 Å². The van der Waals surface area contributed by atoms with Gasteiger partial charge in [0.25, 0.3) is 0 Å². The fraction of sp³-hybridized carbons (Fsp3) is 0.471. The molecule has 7 heteroatoms. The number of aromatic nitrogens is 1. The van der Waals surface area contributed by atoms with Gasteiger partial charge in [0.05, 0.1) is 10.2 Å². The minimum absolute atomic E-state index is 0.00324. The maximum absolute atomic E-state index is 12.0. The Hall–Kier alpha value is -2.15. The third kappa shape index (κ3) is 4.03. The lowest BCUT2D eigenvalue weighted by Gasteiger charge is -2.25. The van der Waals surface area contributed by atoms with E-state index in [0.29, 0.717) is 13.1 Å². The fourth-order valence-electron chi connectivity index (χ4n) is 2.52. The first kappa shape index (κ1) is 16.7. The van der Waals surface area contributed by atoms with Gasteiger partial charge in [0, 0.05) is 19.0 Å². The Labute approximate surface area is 145 Å². The molecule has 0 bridgehead atoms. The highest BCUT2D eigenvalue weighted by Crippen LogP contribution is 2.26. The second kappa shape index (κ2) is 7.61. The Morgan fingerprint density at radius 1 is 1.29 bits per heavy atom. The summed E-state index contributed by atoms with van der Waals surface area (Å²) in [6.45, 7) is 2.79. The Kier molecular flexibility index (Phi) is 5.30. The summed E-state index contributed by atoms with van der Waals surface area (Å²) in [7, 11) is 0. The lowest BCUT2D eigenvalue weighted by Crippen LogP contribution is -2.48. The van der Waals surface area contributed by atoms with Gasteiger partial charge in [-0.05, 0) is 31.9 Å².